The van der Waals surface area contributed by atoms with Crippen molar-refractivity contribution in [1.29, 1.82) is 0 Å². The molecule has 5 heteroatoms. The van der Waals surface area contributed by atoms with Gasteiger partial charge in [0.15, 0.2) is 0 Å². The van der Waals surface area contributed by atoms with Crippen molar-refractivity contribution < 1.29 is 4.74 Å². The molecule has 1 aliphatic heterocycles. The maximum Gasteiger partial charge on any atom is 0.109 e. The van der Waals surface area contributed by atoms with Gasteiger partial charge in [0.2, 0.25) is 0 Å². The Morgan fingerprint density at radius 1 is 1.33 bits per heavy atom. The van der Waals surface area contributed by atoms with E-state index in [4.69, 9.17) is 4.74 Å². The van der Waals surface area contributed by atoms with Crippen molar-refractivity contribution in [1.82, 2.24) is 20.3 Å². The van der Waals surface area contributed by atoms with E-state index in [2.05, 4.69) is 20.3 Å². The van der Waals surface area contributed by atoms with Crippen LogP contribution in [0.1, 0.15) is 5.82 Å². The Labute approximate surface area is 106 Å². The van der Waals surface area contributed by atoms with Gasteiger partial charge >= 0.3 is 0 Å². The van der Waals surface area contributed by atoms with E-state index in [1.54, 1.807) is 6.20 Å². The third-order valence-corrected chi connectivity index (χ3v) is 2.99. The average molecular weight is 244 g/mol. The molecule has 0 radical (unpaired) electrons. The minimum atomic E-state index is 0.210. The van der Waals surface area contributed by atoms with Gasteiger partial charge in [-0.3, -0.25) is 4.98 Å². The lowest BCUT2D eigenvalue weighted by Gasteiger charge is -2.22. The zero-order valence-electron chi connectivity index (χ0n) is 10.1. The molecule has 2 aromatic heterocycles. The number of morpholine rings is 1. The minimum Gasteiger partial charge on any atom is -0.375 e. The molecule has 5 nitrogen and oxygen atoms in total. The monoisotopic (exact) mass is 244 g/mol. The second-order valence-corrected chi connectivity index (χ2v) is 4.36. The highest BCUT2D eigenvalue weighted by molar-refractivity contribution is 5.52. The van der Waals surface area contributed by atoms with Crippen LogP contribution in [-0.4, -0.2) is 40.8 Å². The molecule has 3 heterocycles. The van der Waals surface area contributed by atoms with E-state index in [0.717, 1.165) is 43.3 Å². The summed E-state index contributed by atoms with van der Waals surface area (Å²) < 4.78 is 5.66. The molecule has 1 fully saturated rings. The number of pyridine rings is 1. The number of aromatic amines is 1. The van der Waals surface area contributed by atoms with Crippen LogP contribution in [0.5, 0.6) is 0 Å². The van der Waals surface area contributed by atoms with Crippen molar-refractivity contribution >= 4 is 0 Å². The number of hydrogen-bond donors (Lipinski definition) is 2. The van der Waals surface area contributed by atoms with E-state index in [1.165, 1.54) is 0 Å². The molecule has 2 aromatic rings. The van der Waals surface area contributed by atoms with Crippen LogP contribution in [0.3, 0.4) is 0 Å². The first-order valence-corrected chi connectivity index (χ1v) is 6.19. The van der Waals surface area contributed by atoms with Gasteiger partial charge in [-0.25, -0.2) is 4.98 Å². The van der Waals surface area contributed by atoms with Gasteiger partial charge in [-0.15, -0.1) is 0 Å². The van der Waals surface area contributed by atoms with Crippen LogP contribution in [0.2, 0.25) is 0 Å². The van der Waals surface area contributed by atoms with Crippen LogP contribution in [-0.2, 0) is 11.2 Å². The average Bonchev–Trinajstić information content (AvgIpc) is 2.89. The molecule has 94 valence electrons. The molecule has 0 bridgehead atoms. The topological polar surface area (TPSA) is 62.8 Å². The molecule has 2 N–H and O–H groups in total. The Kier molecular flexibility index (Phi) is 3.34. The molecule has 1 saturated heterocycles. The van der Waals surface area contributed by atoms with Gasteiger partial charge in [0.05, 0.1) is 30.3 Å². The fraction of sp³-hybridized carbons (Fsp3) is 0.385. The van der Waals surface area contributed by atoms with Gasteiger partial charge in [-0.2, -0.15) is 0 Å². The van der Waals surface area contributed by atoms with E-state index in [9.17, 15) is 0 Å². The summed E-state index contributed by atoms with van der Waals surface area (Å²) in [6, 6.07) is 5.84. The number of hydrogen-bond acceptors (Lipinski definition) is 4. The predicted molar refractivity (Wildman–Crippen MR) is 68.1 cm³/mol. The third kappa shape index (κ3) is 2.57. The molecule has 0 saturated carbocycles. The first-order chi connectivity index (χ1) is 8.92. The number of H-pyrrole nitrogens is 1. The lowest BCUT2D eigenvalue weighted by molar-refractivity contribution is 0.0281. The maximum atomic E-state index is 5.66. The smallest absolute Gasteiger partial charge is 0.109 e. The summed E-state index contributed by atoms with van der Waals surface area (Å²) in [5.41, 5.74) is 1.87. The standard InChI is InChI=1S/C13H16N4O/c1-2-4-15-11(3-1)12-9-16-13(17-12)7-10-8-14-5-6-18-10/h1-4,9-10,14H,5-8H2,(H,16,17). The lowest BCUT2D eigenvalue weighted by atomic mass is 10.2. The van der Waals surface area contributed by atoms with Crippen LogP contribution in [0, 0.1) is 0 Å². The van der Waals surface area contributed by atoms with Gasteiger partial charge in [-0.05, 0) is 12.1 Å². The fourth-order valence-electron chi connectivity index (χ4n) is 2.08. The van der Waals surface area contributed by atoms with E-state index in [1.807, 2.05) is 24.4 Å². The summed E-state index contributed by atoms with van der Waals surface area (Å²) in [5.74, 6) is 0.948. The van der Waals surface area contributed by atoms with Crippen LogP contribution in [0.15, 0.2) is 30.6 Å². The van der Waals surface area contributed by atoms with Crippen LogP contribution >= 0.6 is 0 Å². The number of nitrogens with zero attached hydrogens (tertiary/aromatic N) is 2. The molecular formula is C13H16N4O. The van der Waals surface area contributed by atoms with Gasteiger partial charge in [-0.1, -0.05) is 6.07 Å². The van der Waals surface area contributed by atoms with Crippen molar-refractivity contribution in [3.8, 4) is 11.4 Å². The molecule has 1 unspecified atom stereocenters. The molecular weight excluding hydrogens is 228 g/mol. The normalized spacial score (nSPS) is 19.9. The maximum absolute atomic E-state index is 5.66. The number of ether oxygens (including phenoxy) is 1. The van der Waals surface area contributed by atoms with E-state index in [0.29, 0.717) is 0 Å². The van der Waals surface area contributed by atoms with E-state index >= 15 is 0 Å². The van der Waals surface area contributed by atoms with Crippen molar-refractivity contribution in [3.63, 3.8) is 0 Å². The number of nitrogens with one attached hydrogen (secondary N) is 2. The first-order valence-electron chi connectivity index (χ1n) is 6.19. The molecule has 0 aliphatic carbocycles. The lowest BCUT2D eigenvalue weighted by Crippen LogP contribution is -2.39. The van der Waals surface area contributed by atoms with Crippen molar-refractivity contribution in [2.75, 3.05) is 19.7 Å². The fourth-order valence-corrected chi connectivity index (χ4v) is 2.08. The summed E-state index contributed by atoms with van der Waals surface area (Å²) >= 11 is 0. The number of rotatable bonds is 3. The molecule has 0 aromatic carbocycles. The molecule has 0 spiro atoms. The molecule has 0 amide bonds. The van der Waals surface area contributed by atoms with E-state index in [-0.39, 0.29) is 6.10 Å². The Hall–Kier alpha value is -1.72. The molecule has 1 aliphatic rings. The second-order valence-electron chi connectivity index (χ2n) is 4.36. The quantitative estimate of drug-likeness (QED) is 0.845. The van der Waals surface area contributed by atoms with Crippen molar-refractivity contribution in [2.24, 2.45) is 0 Å². The first kappa shape index (κ1) is 11.4. The zero-order chi connectivity index (χ0) is 12.2. The summed E-state index contributed by atoms with van der Waals surface area (Å²) in [6.45, 7) is 2.60. The van der Waals surface area contributed by atoms with Crippen molar-refractivity contribution in [3.05, 3.63) is 36.4 Å². The Morgan fingerprint density at radius 2 is 2.33 bits per heavy atom. The van der Waals surface area contributed by atoms with Crippen LogP contribution < -0.4 is 5.32 Å². The molecule has 1 atom stereocenters. The van der Waals surface area contributed by atoms with Gasteiger partial charge in [0, 0.05) is 25.7 Å². The second kappa shape index (κ2) is 5.29. The Bertz CT molecular complexity index is 491. The highest BCUT2D eigenvalue weighted by Crippen LogP contribution is 2.14. The van der Waals surface area contributed by atoms with Gasteiger partial charge < -0.3 is 15.0 Å². The van der Waals surface area contributed by atoms with Gasteiger partial charge in [0.25, 0.3) is 0 Å². The third-order valence-electron chi connectivity index (χ3n) is 2.99. The summed E-state index contributed by atoms with van der Waals surface area (Å²) in [5, 5.41) is 3.31. The number of aromatic nitrogens is 3. The molecule has 18 heavy (non-hydrogen) atoms. The minimum absolute atomic E-state index is 0.210. The van der Waals surface area contributed by atoms with Crippen LogP contribution in [0.25, 0.3) is 11.4 Å². The highest BCUT2D eigenvalue weighted by Gasteiger charge is 2.15. The summed E-state index contributed by atoms with van der Waals surface area (Å²) in [6.07, 6.45) is 4.62. The SMILES string of the molecule is c1ccc(-c2cnc(CC3CNCCO3)[nH]2)nc1. The predicted octanol–water partition coefficient (Wildman–Crippen LogP) is 1.00. The Balaban J connectivity index is 1.69. The number of imidazole rings is 1. The van der Waals surface area contributed by atoms with Crippen LogP contribution in [0.4, 0.5) is 0 Å². The summed E-state index contributed by atoms with van der Waals surface area (Å²) in [7, 11) is 0. The van der Waals surface area contributed by atoms with Gasteiger partial charge in [0.1, 0.15) is 5.82 Å². The largest absolute Gasteiger partial charge is 0.375 e. The van der Waals surface area contributed by atoms with Crippen molar-refractivity contribution in [2.45, 2.75) is 12.5 Å². The zero-order valence-corrected chi connectivity index (χ0v) is 10.1. The summed E-state index contributed by atoms with van der Waals surface area (Å²) in [4.78, 5) is 12.0. The Morgan fingerprint density at radius 3 is 3.11 bits per heavy atom. The van der Waals surface area contributed by atoms with E-state index < -0.39 is 0 Å². The highest BCUT2D eigenvalue weighted by atomic mass is 16.5. The molecule has 3 rings (SSSR count).